The number of likely N-dealkylation sites (N-methyl/N-ethyl adjacent to an activating group) is 1. The van der Waals surface area contributed by atoms with Gasteiger partial charge in [0.2, 0.25) is 6.41 Å². The lowest BCUT2D eigenvalue weighted by atomic mass is 10.1. The number of carbonyl (C=O) groups is 2. The Kier molecular flexibility index (Phi) is 15.2. The molecule has 44 heavy (non-hydrogen) atoms. The largest absolute Gasteiger partial charge is 0.490 e. The number of benzene rings is 2. The predicted molar refractivity (Wildman–Crippen MR) is 153 cm³/mol. The van der Waals surface area contributed by atoms with E-state index in [-0.39, 0.29) is 43.1 Å². The van der Waals surface area contributed by atoms with Gasteiger partial charge in [-0.1, -0.05) is 30.7 Å². The van der Waals surface area contributed by atoms with Gasteiger partial charge in [0.05, 0.1) is 23.3 Å². The maximum absolute atomic E-state index is 12.9. The van der Waals surface area contributed by atoms with Gasteiger partial charge in [0, 0.05) is 32.6 Å². The van der Waals surface area contributed by atoms with Crippen LogP contribution in [0.4, 0.5) is 26.3 Å². The zero-order valence-corrected chi connectivity index (χ0v) is 25.5. The molecule has 0 aliphatic rings. The number of aliphatic hydroxyl groups excluding tert-OH is 1. The van der Waals surface area contributed by atoms with Crippen molar-refractivity contribution in [2.24, 2.45) is 4.99 Å². The van der Waals surface area contributed by atoms with Crippen LogP contribution in [0, 0.1) is 0 Å². The Labute approximate surface area is 256 Å². The standard InChI is InChI=1S/C21H25F6N3O5.C8H9Cl/c1-13(19(33)29(3)5-6-31)18(30(4)12-32)28-14(2)34-7-8-35-17-10-15(20(22,23)24)9-16(11-17)21(25,26)27;1-2-7-3-5-8(9)6-4-7/h9-12,31H,5-8H2,1-4H3;3-6H,2H2,1H3/b18-13-,28-14+;. The second kappa shape index (κ2) is 17.5. The molecule has 0 unspecified atom stereocenters. The highest BCUT2D eigenvalue weighted by atomic mass is 35.5. The minimum Gasteiger partial charge on any atom is -0.490 e. The van der Waals surface area contributed by atoms with Crippen LogP contribution in [0.2, 0.25) is 5.02 Å². The van der Waals surface area contributed by atoms with Crippen molar-refractivity contribution < 1.29 is 50.5 Å². The molecule has 2 aromatic rings. The third-order valence-electron chi connectivity index (χ3n) is 5.74. The monoisotopic (exact) mass is 653 g/mol. The van der Waals surface area contributed by atoms with E-state index in [9.17, 15) is 35.9 Å². The number of hydrogen-bond donors (Lipinski definition) is 1. The SMILES string of the molecule is C/C(C(=O)N(C)CCO)=C(\N=C(/C)OCCOc1cc(C(F)(F)F)cc(C(F)(F)F)c1)N(C)C=O.CCc1ccc(Cl)cc1. The summed E-state index contributed by atoms with van der Waals surface area (Å²) in [5, 5.41) is 9.78. The summed E-state index contributed by atoms with van der Waals surface area (Å²) >= 11 is 5.67. The molecule has 0 radical (unpaired) electrons. The minimum absolute atomic E-state index is 0.0147. The second-order valence-electron chi connectivity index (χ2n) is 9.16. The first kappa shape index (κ1) is 38.2. The topological polar surface area (TPSA) is 91.7 Å². The van der Waals surface area contributed by atoms with Gasteiger partial charge < -0.3 is 24.4 Å². The van der Waals surface area contributed by atoms with Crippen molar-refractivity contribution >= 4 is 29.8 Å². The second-order valence-corrected chi connectivity index (χ2v) is 9.60. The molecular weight excluding hydrogens is 620 g/mol. The Bertz CT molecular complexity index is 1270. The lowest BCUT2D eigenvalue weighted by Crippen LogP contribution is -2.32. The normalized spacial score (nSPS) is 12.4. The lowest BCUT2D eigenvalue weighted by molar-refractivity contribution is -0.143. The lowest BCUT2D eigenvalue weighted by Gasteiger charge is -2.20. The van der Waals surface area contributed by atoms with Crippen molar-refractivity contribution in [1.82, 2.24) is 9.80 Å². The number of ether oxygens (including phenoxy) is 2. The van der Waals surface area contributed by atoms with Crippen molar-refractivity contribution in [2.45, 2.75) is 39.5 Å². The summed E-state index contributed by atoms with van der Waals surface area (Å²) in [6.07, 6.45) is -8.54. The van der Waals surface area contributed by atoms with Crippen LogP contribution in [0.3, 0.4) is 0 Å². The van der Waals surface area contributed by atoms with Crippen LogP contribution >= 0.6 is 11.6 Å². The van der Waals surface area contributed by atoms with Gasteiger partial charge >= 0.3 is 12.4 Å². The van der Waals surface area contributed by atoms with E-state index in [2.05, 4.69) is 11.9 Å². The molecule has 0 fully saturated rings. The summed E-state index contributed by atoms with van der Waals surface area (Å²) in [5.41, 5.74) is -1.64. The highest BCUT2D eigenvalue weighted by molar-refractivity contribution is 6.30. The van der Waals surface area contributed by atoms with E-state index >= 15 is 0 Å². The number of aliphatic imine (C=N–C) groups is 1. The maximum Gasteiger partial charge on any atom is 0.416 e. The molecule has 0 bridgehead atoms. The number of halogens is 7. The van der Waals surface area contributed by atoms with Crippen LogP contribution in [-0.2, 0) is 33.1 Å². The van der Waals surface area contributed by atoms with Gasteiger partial charge in [-0.15, -0.1) is 0 Å². The minimum atomic E-state index is -5.01. The fourth-order valence-corrected chi connectivity index (χ4v) is 3.50. The molecule has 244 valence electrons. The number of aryl methyl sites for hydroxylation is 1. The van der Waals surface area contributed by atoms with E-state index in [1.54, 1.807) is 0 Å². The molecule has 0 aliphatic carbocycles. The first-order chi connectivity index (χ1) is 20.4. The molecule has 2 rings (SSSR count). The van der Waals surface area contributed by atoms with Crippen molar-refractivity contribution in [2.75, 3.05) is 40.5 Å². The molecular formula is C29H34ClF6N3O5. The van der Waals surface area contributed by atoms with E-state index in [1.165, 1.54) is 38.4 Å². The third-order valence-corrected chi connectivity index (χ3v) is 5.99. The quantitative estimate of drug-likeness (QED) is 0.0778. The first-order valence-electron chi connectivity index (χ1n) is 13.0. The molecule has 0 aromatic heterocycles. The fraction of sp³-hybridized carbons (Fsp3) is 0.414. The van der Waals surface area contributed by atoms with E-state index in [0.29, 0.717) is 18.5 Å². The van der Waals surface area contributed by atoms with Gasteiger partial charge in [0.1, 0.15) is 24.8 Å². The highest BCUT2D eigenvalue weighted by Gasteiger charge is 2.37. The Balaban J connectivity index is 0.000000912. The average Bonchev–Trinajstić information content (AvgIpc) is 2.96. The Morgan fingerprint density at radius 3 is 1.98 bits per heavy atom. The van der Waals surface area contributed by atoms with E-state index < -0.39 is 41.7 Å². The van der Waals surface area contributed by atoms with E-state index in [4.69, 9.17) is 26.2 Å². The van der Waals surface area contributed by atoms with Gasteiger partial charge in [0.15, 0.2) is 5.90 Å². The maximum atomic E-state index is 12.9. The van der Waals surface area contributed by atoms with Crippen molar-refractivity contribution in [3.8, 4) is 5.75 Å². The van der Waals surface area contributed by atoms with Crippen LogP contribution in [0.25, 0.3) is 0 Å². The zero-order valence-electron chi connectivity index (χ0n) is 24.7. The Morgan fingerprint density at radius 1 is 0.977 bits per heavy atom. The number of alkyl halides is 6. The fourth-order valence-electron chi connectivity index (χ4n) is 3.37. The van der Waals surface area contributed by atoms with Crippen LogP contribution in [0.1, 0.15) is 37.5 Å². The third kappa shape index (κ3) is 12.8. The molecule has 0 spiro atoms. The first-order valence-corrected chi connectivity index (χ1v) is 13.4. The van der Waals surface area contributed by atoms with Gasteiger partial charge in [-0.3, -0.25) is 9.59 Å². The molecule has 0 atom stereocenters. The van der Waals surface area contributed by atoms with Gasteiger partial charge in [0.25, 0.3) is 5.91 Å². The molecule has 0 heterocycles. The van der Waals surface area contributed by atoms with E-state index in [1.807, 2.05) is 24.3 Å². The van der Waals surface area contributed by atoms with Crippen molar-refractivity contribution in [3.63, 3.8) is 0 Å². The van der Waals surface area contributed by atoms with Crippen LogP contribution in [0.15, 0.2) is 58.9 Å². The molecule has 2 amide bonds. The molecule has 8 nitrogen and oxygen atoms in total. The van der Waals surface area contributed by atoms with E-state index in [0.717, 1.165) is 16.3 Å². The number of amides is 2. The van der Waals surface area contributed by atoms with Gasteiger partial charge in [-0.2, -0.15) is 31.3 Å². The number of aliphatic hydroxyl groups is 1. The average molecular weight is 654 g/mol. The Morgan fingerprint density at radius 2 is 1.52 bits per heavy atom. The van der Waals surface area contributed by atoms with Crippen molar-refractivity contribution in [3.05, 3.63) is 75.6 Å². The van der Waals surface area contributed by atoms with Crippen molar-refractivity contribution in [1.29, 1.82) is 0 Å². The smallest absolute Gasteiger partial charge is 0.416 e. The number of hydrogen-bond acceptors (Lipinski definition) is 6. The molecule has 2 aromatic carbocycles. The number of rotatable bonds is 11. The number of nitrogens with zero attached hydrogens (tertiary/aromatic N) is 3. The molecule has 1 N–H and O–H groups in total. The number of carbonyl (C=O) groups excluding carboxylic acids is 2. The van der Waals surface area contributed by atoms with Crippen LogP contribution in [-0.4, -0.2) is 73.6 Å². The highest BCUT2D eigenvalue weighted by Crippen LogP contribution is 2.38. The molecule has 0 aliphatic heterocycles. The van der Waals surface area contributed by atoms with Crippen LogP contribution in [0.5, 0.6) is 5.75 Å². The summed E-state index contributed by atoms with van der Waals surface area (Å²) < 4.78 is 87.8. The molecule has 0 saturated heterocycles. The summed E-state index contributed by atoms with van der Waals surface area (Å²) in [4.78, 5) is 29.9. The van der Waals surface area contributed by atoms with Gasteiger partial charge in [-0.05, 0) is 49.2 Å². The Hall–Kier alpha value is -3.78. The molecule has 0 saturated carbocycles. The zero-order chi connectivity index (χ0) is 33.7. The predicted octanol–water partition coefficient (Wildman–Crippen LogP) is 6.21. The molecule has 15 heteroatoms. The van der Waals surface area contributed by atoms with Crippen LogP contribution < -0.4 is 4.74 Å². The summed E-state index contributed by atoms with van der Waals surface area (Å²) in [6.45, 7) is 3.90. The van der Waals surface area contributed by atoms with Gasteiger partial charge in [-0.25, -0.2) is 0 Å². The summed E-state index contributed by atoms with van der Waals surface area (Å²) in [6, 6.07) is 8.78. The summed E-state index contributed by atoms with van der Waals surface area (Å²) in [7, 11) is 2.76. The summed E-state index contributed by atoms with van der Waals surface area (Å²) in [5.74, 6) is -1.30.